The second-order valence-corrected chi connectivity index (χ2v) is 3.08. The Kier molecular flexibility index (Phi) is 7.57. The van der Waals surface area contributed by atoms with E-state index < -0.39 is 11.9 Å². The molecule has 1 fully saturated rings. The summed E-state index contributed by atoms with van der Waals surface area (Å²) >= 11 is 0. The number of carbonyl (C=O) groups excluding carboxylic acids is 1. The first-order chi connectivity index (χ1) is 8.51. The molecule has 0 saturated carbocycles. The number of esters is 1. The van der Waals surface area contributed by atoms with E-state index in [0.717, 1.165) is 6.08 Å². The predicted octanol–water partition coefficient (Wildman–Crippen LogP) is 0.821. The molecule has 0 amide bonds. The van der Waals surface area contributed by atoms with Crippen molar-refractivity contribution in [3.63, 3.8) is 0 Å². The van der Waals surface area contributed by atoms with Gasteiger partial charge in [0.1, 0.15) is 12.7 Å². The third kappa shape index (κ3) is 8.88. The molecule has 1 aliphatic heterocycles. The first-order valence-corrected chi connectivity index (χ1v) is 4.90. The molecule has 0 radical (unpaired) electrons. The Labute approximate surface area is 104 Å². The fourth-order valence-corrected chi connectivity index (χ4v) is 0.631. The predicted molar refractivity (Wildman–Crippen MR) is 62.4 cm³/mol. The number of hydrogen-bond acceptors (Lipinski definition) is 5. The van der Waals surface area contributed by atoms with Gasteiger partial charge in [-0.2, -0.15) is 5.26 Å². The van der Waals surface area contributed by atoms with Crippen LogP contribution < -0.4 is 0 Å². The highest BCUT2D eigenvalue weighted by molar-refractivity contribution is 5.90. The zero-order valence-corrected chi connectivity index (χ0v) is 9.67. The average Bonchev–Trinajstić information content (AvgIpc) is 3.17. The van der Waals surface area contributed by atoms with Crippen molar-refractivity contribution in [1.29, 1.82) is 5.26 Å². The number of rotatable bonds is 5. The number of hydrogen-bond donors (Lipinski definition) is 1. The van der Waals surface area contributed by atoms with Gasteiger partial charge in [0.15, 0.2) is 0 Å². The van der Waals surface area contributed by atoms with Crippen LogP contribution in [0.4, 0.5) is 0 Å². The minimum atomic E-state index is -0.981. The quantitative estimate of drug-likeness (QED) is 0.255. The number of nitrogens with zero attached hydrogens (tertiary/aromatic N) is 1. The van der Waals surface area contributed by atoms with Gasteiger partial charge in [-0.1, -0.05) is 13.2 Å². The summed E-state index contributed by atoms with van der Waals surface area (Å²) < 4.78 is 9.64. The van der Waals surface area contributed by atoms with Gasteiger partial charge in [-0.3, -0.25) is 0 Å². The zero-order chi connectivity index (χ0) is 14.0. The summed E-state index contributed by atoms with van der Waals surface area (Å²) in [5.74, 6) is -1.49. The molecule has 0 aromatic carbocycles. The van der Waals surface area contributed by atoms with Crippen LogP contribution in [0, 0.1) is 11.3 Å². The fourth-order valence-electron chi connectivity index (χ4n) is 0.631. The number of ether oxygens (including phenoxy) is 2. The van der Waals surface area contributed by atoms with Gasteiger partial charge in [-0.15, -0.1) is 0 Å². The van der Waals surface area contributed by atoms with Crippen LogP contribution in [-0.4, -0.2) is 36.4 Å². The van der Waals surface area contributed by atoms with Crippen LogP contribution >= 0.6 is 0 Å². The lowest BCUT2D eigenvalue weighted by atomic mass is 10.3. The second kappa shape index (κ2) is 8.73. The lowest BCUT2D eigenvalue weighted by Gasteiger charge is -2.00. The average molecular weight is 251 g/mol. The Morgan fingerprint density at radius 1 is 1.61 bits per heavy atom. The summed E-state index contributed by atoms with van der Waals surface area (Å²) in [5, 5.41) is 15.8. The monoisotopic (exact) mass is 251 g/mol. The molecule has 0 spiro atoms. The van der Waals surface area contributed by atoms with Gasteiger partial charge < -0.3 is 14.6 Å². The molecule has 1 saturated heterocycles. The van der Waals surface area contributed by atoms with Crippen LogP contribution in [-0.2, 0) is 19.1 Å². The molecular weight excluding hydrogens is 238 g/mol. The van der Waals surface area contributed by atoms with Crippen molar-refractivity contribution < 1.29 is 24.2 Å². The molecule has 1 rings (SSSR count). The van der Waals surface area contributed by atoms with E-state index in [-0.39, 0.29) is 18.3 Å². The molecule has 6 heteroatoms. The molecule has 0 bridgehead atoms. The molecule has 0 aromatic rings. The van der Waals surface area contributed by atoms with Crippen molar-refractivity contribution in [2.24, 2.45) is 0 Å². The van der Waals surface area contributed by atoms with E-state index >= 15 is 0 Å². The molecule has 1 atom stereocenters. The van der Waals surface area contributed by atoms with E-state index in [1.54, 1.807) is 6.07 Å². The van der Waals surface area contributed by atoms with Crippen molar-refractivity contribution in [3.05, 3.63) is 37.0 Å². The van der Waals surface area contributed by atoms with Gasteiger partial charge >= 0.3 is 11.9 Å². The second-order valence-electron chi connectivity index (χ2n) is 3.08. The van der Waals surface area contributed by atoms with Gasteiger partial charge in [-0.25, -0.2) is 9.59 Å². The van der Waals surface area contributed by atoms with Crippen LogP contribution in [0.1, 0.15) is 0 Å². The van der Waals surface area contributed by atoms with E-state index in [9.17, 15) is 9.59 Å². The van der Waals surface area contributed by atoms with Crippen molar-refractivity contribution in [1.82, 2.24) is 0 Å². The third-order valence-electron chi connectivity index (χ3n) is 1.60. The molecule has 0 aliphatic carbocycles. The lowest BCUT2D eigenvalue weighted by Crippen LogP contribution is -2.10. The first-order valence-electron chi connectivity index (χ1n) is 4.90. The number of carbonyl (C=O) groups is 2. The molecule has 1 aliphatic rings. The Balaban J connectivity index is 0.000000494. The molecular formula is C12H13NO5. The van der Waals surface area contributed by atoms with Crippen LogP contribution in [0.2, 0.25) is 0 Å². The highest BCUT2D eigenvalue weighted by Crippen LogP contribution is 2.09. The lowest BCUT2D eigenvalue weighted by molar-refractivity contribution is -0.139. The number of carboxylic acids is 1. The molecule has 6 nitrogen and oxygen atoms in total. The van der Waals surface area contributed by atoms with Crippen LogP contribution in [0.3, 0.4) is 0 Å². The topological polar surface area (TPSA) is 99.9 Å². The van der Waals surface area contributed by atoms with Gasteiger partial charge in [-0.05, 0) is 6.08 Å². The first kappa shape index (κ1) is 15.6. The minimum Gasteiger partial charge on any atom is -0.478 e. The number of allylic oxidation sites excluding steroid dienone is 1. The number of nitriles is 1. The van der Waals surface area contributed by atoms with Gasteiger partial charge in [0, 0.05) is 12.2 Å². The van der Waals surface area contributed by atoms with Gasteiger partial charge in [0.25, 0.3) is 0 Å². The standard InChI is InChI=1S/C9H9NO3.C3H4O2/c1-7(3-2-4-10)9(11)13-6-8-5-12-8;1-2-3(4)5/h2-3,8H,1,5-6H2;2H,1H2,(H,4,5). The summed E-state index contributed by atoms with van der Waals surface area (Å²) in [4.78, 5) is 20.3. The molecule has 96 valence electrons. The minimum absolute atomic E-state index is 0.0525. The van der Waals surface area contributed by atoms with Crippen LogP contribution in [0.15, 0.2) is 37.0 Å². The summed E-state index contributed by atoms with van der Waals surface area (Å²) in [6.45, 7) is 7.31. The van der Waals surface area contributed by atoms with E-state index in [2.05, 4.69) is 13.2 Å². The fraction of sp³-hybridized carbons (Fsp3) is 0.250. The summed E-state index contributed by atoms with van der Waals surface area (Å²) in [6.07, 6.45) is 3.38. The maximum absolute atomic E-state index is 11.0. The Bertz CT molecular complexity index is 401. The van der Waals surface area contributed by atoms with Crippen molar-refractivity contribution in [3.8, 4) is 6.07 Å². The molecule has 0 aromatic heterocycles. The smallest absolute Gasteiger partial charge is 0.337 e. The number of epoxide rings is 1. The molecule has 1 heterocycles. The maximum Gasteiger partial charge on any atom is 0.337 e. The largest absolute Gasteiger partial charge is 0.478 e. The highest BCUT2D eigenvalue weighted by atomic mass is 16.6. The van der Waals surface area contributed by atoms with Crippen LogP contribution in [0.25, 0.3) is 0 Å². The van der Waals surface area contributed by atoms with E-state index in [1.165, 1.54) is 12.2 Å². The third-order valence-corrected chi connectivity index (χ3v) is 1.60. The summed E-state index contributed by atoms with van der Waals surface area (Å²) in [7, 11) is 0. The van der Waals surface area contributed by atoms with Gasteiger partial charge in [0.2, 0.25) is 0 Å². The maximum atomic E-state index is 11.0. The van der Waals surface area contributed by atoms with Crippen molar-refractivity contribution in [2.45, 2.75) is 6.10 Å². The molecule has 1 N–H and O–H groups in total. The van der Waals surface area contributed by atoms with Gasteiger partial charge in [0.05, 0.1) is 18.2 Å². The van der Waals surface area contributed by atoms with E-state index in [4.69, 9.17) is 19.8 Å². The summed E-state index contributed by atoms with van der Waals surface area (Å²) in [5.41, 5.74) is 0.169. The van der Waals surface area contributed by atoms with E-state index in [1.807, 2.05) is 0 Å². The van der Waals surface area contributed by atoms with E-state index in [0.29, 0.717) is 6.61 Å². The molecule has 18 heavy (non-hydrogen) atoms. The zero-order valence-electron chi connectivity index (χ0n) is 9.67. The molecule has 1 unspecified atom stereocenters. The van der Waals surface area contributed by atoms with Crippen LogP contribution in [0.5, 0.6) is 0 Å². The highest BCUT2D eigenvalue weighted by Gasteiger charge is 2.24. The Morgan fingerprint density at radius 3 is 2.56 bits per heavy atom. The Hall–Kier alpha value is -2.39. The Morgan fingerprint density at radius 2 is 2.17 bits per heavy atom. The summed E-state index contributed by atoms with van der Waals surface area (Å²) in [6, 6.07) is 1.76. The van der Waals surface area contributed by atoms with Crippen molar-refractivity contribution >= 4 is 11.9 Å². The number of aliphatic carboxylic acids is 1. The SMILES string of the molecule is C=C(C=CC#N)C(=O)OCC1CO1.C=CC(=O)O. The van der Waals surface area contributed by atoms with Crippen molar-refractivity contribution in [2.75, 3.05) is 13.2 Å². The normalized spacial score (nSPS) is 15.8. The number of carboxylic acid groups (broad SMARTS) is 1.